The zero-order valence-electron chi connectivity index (χ0n) is 12.8. The molecule has 0 saturated carbocycles. The summed E-state index contributed by atoms with van der Waals surface area (Å²) in [6.07, 6.45) is 0.722. The van der Waals surface area contributed by atoms with Crippen LogP contribution >= 0.6 is 0 Å². The fourth-order valence-electron chi connectivity index (χ4n) is 2.09. The normalized spacial score (nSPS) is 12.5. The molecule has 0 aliphatic heterocycles. The van der Waals surface area contributed by atoms with Crippen molar-refractivity contribution in [3.8, 4) is 22.8 Å². The lowest BCUT2D eigenvalue weighted by atomic mass is 10.1. The van der Waals surface area contributed by atoms with Crippen molar-refractivity contribution in [2.24, 2.45) is 0 Å². The maximum Gasteiger partial charge on any atom is 0.257 e. The summed E-state index contributed by atoms with van der Waals surface area (Å²) in [4.78, 5) is 8.77. The Morgan fingerprint density at radius 2 is 2.09 bits per heavy atom. The van der Waals surface area contributed by atoms with Crippen LogP contribution in [-0.2, 0) is 6.42 Å². The summed E-state index contributed by atoms with van der Waals surface area (Å²) in [7, 11) is 1.91. The molecule has 22 heavy (non-hydrogen) atoms. The minimum atomic E-state index is 0.299. The van der Waals surface area contributed by atoms with Crippen molar-refractivity contribution < 1.29 is 4.52 Å². The van der Waals surface area contributed by atoms with E-state index in [4.69, 9.17) is 4.52 Å². The molecule has 1 atom stereocenters. The van der Waals surface area contributed by atoms with E-state index in [1.807, 2.05) is 38.2 Å². The second-order valence-electron chi connectivity index (χ2n) is 5.23. The number of rotatable bonds is 5. The van der Waals surface area contributed by atoms with Crippen LogP contribution in [0, 0.1) is 6.92 Å². The van der Waals surface area contributed by atoms with Crippen molar-refractivity contribution >= 4 is 0 Å². The Balaban J connectivity index is 1.86. The number of benzene rings is 1. The highest BCUT2D eigenvalue weighted by Gasteiger charge is 2.12. The van der Waals surface area contributed by atoms with Crippen LogP contribution in [0.15, 0.2) is 28.8 Å². The van der Waals surface area contributed by atoms with Crippen molar-refractivity contribution in [3.63, 3.8) is 0 Å². The summed E-state index contributed by atoms with van der Waals surface area (Å²) in [6.45, 7) is 3.94. The van der Waals surface area contributed by atoms with E-state index >= 15 is 0 Å². The Bertz CT molecular complexity index is 763. The first kappa shape index (κ1) is 14.4. The average Bonchev–Trinajstić information content (AvgIpc) is 3.16. The minimum Gasteiger partial charge on any atom is -0.334 e. The van der Waals surface area contributed by atoms with Gasteiger partial charge in [0.05, 0.1) is 0 Å². The zero-order valence-corrected chi connectivity index (χ0v) is 12.8. The fourth-order valence-corrected chi connectivity index (χ4v) is 2.09. The van der Waals surface area contributed by atoms with Gasteiger partial charge in [0.25, 0.3) is 5.89 Å². The number of aromatic amines is 1. The van der Waals surface area contributed by atoms with E-state index < -0.39 is 0 Å². The predicted molar refractivity (Wildman–Crippen MR) is 82.1 cm³/mol. The summed E-state index contributed by atoms with van der Waals surface area (Å²) in [5, 5.41) is 14.2. The van der Waals surface area contributed by atoms with Crippen LogP contribution in [0.4, 0.5) is 0 Å². The summed E-state index contributed by atoms with van der Waals surface area (Å²) < 4.78 is 5.35. The number of nitrogens with zero attached hydrogens (tertiary/aromatic N) is 4. The van der Waals surface area contributed by atoms with Crippen LogP contribution in [0.5, 0.6) is 0 Å². The van der Waals surface area contributed by atoms with Gasteiger partial charge in [0.2, 0.25) is 0 Å². The molecule has 0 radical (unpaired) electrons. The molecule has 2 N–H and O–H groups in total. The summed E-state index contributed by atoms with van der Waals surface area (Å²) in [5.74, 6) is 2.63. The smallest absolute Gasteiger partial charge is 0.257 e. The third-order valence-electron chi connectivity index (χ3n) is 3.41. The van der Waals surface area contributed by atoms with Crippen LogP contribution in [0.25, 0.3) is 22.8 Å². The van der Waals surface area contributed by atoms with E-state index in [1.54, 1.807) is 0 Å². The number of likely N-dealkylation sites (N-methyl/N-ethyl adjacent to an activating group) is 1. The van der Waals surface area contributed by atoms with Gasteiger partial charge in [-0.1, -0.05) is 17.3 Å². The lowest BCUT2D eigenvalue weighted by Gasteiger charge is -2.04. The lowest BCUT2D eigenvalue weighted by molar-refractivity contribution is 0.418. The van der Waals surface area contributed by atoms with Gasteiger partial charge in [-0.15, -0.1) is 0 Å². The van der Waals surface area contributed by atoms with Gasteiger partial charge in [-0.3, -0.25) is 5.10 Å². The van der Waals surface area contributed by atoms with E-state index in [0.29, 0.717) is 23.6 Å². The number of nitrogens with one attached hydrogen (secondary N) is 2. The molecular weight excluding hydrogens is 280 g/mol. The van der Waals surface area contributed by atoms with Crippen molar-refractivity contribution in [2.75, 3.05) is 7.05 Å². The van der Waals surface area contributed by atoms with Crippen molar-refractivity contribution in [1.29, 1.82) is 0 Å². The van der Waals surface area contributed by atoms with E-state index in [-0.39, 0.29) is 0 Å². The molecule has 2 heterocycles. The van der Waals surface area contributed by atoms with Gasteiger partial charge in [-0.25, -0.2) is 4.98 Å². The largest absolute Gasteiger partial charge is 0.334 e. The highest BCUT2D eigenvalue weighted by atomic mass is 16.5. The molecule has 7 heteroatoms. The van der Waals surface area contributed by atoms with Crippen LogP contribution in [0.1, 0.15) is 18.6 Å². The minimum absolute atomic E-state index is 0.299. The molecule has 0 spiro atoms. The monoisotopic (exact) mass is 298 g/mol. The molecule has 3 aromatic rings. The Hall–Kier alpha value is -2.54. The molecule has 114 valence electrons. The number of hydrogen-bond acceptors (Lipinski definition) is 6. The maximum atomic E-state index is 5.35. The molecule has 0 saturated heterocycles. The van der Waals surface area contributed by atoms with E-state index in [0.717, 1.165) is 23.4 Å². The zero-order chi connectivity index (χ0) is 15.5. The van der Waals surface area contributed by atoms with Crippen LogP contribution in [-0.4, -0.2) is 38.4 Å². The molecule has 0 fully saturated rings. The number of aromatic nitrogens is 5. The Labute approximate surface area is 128 Å². The third kappa shape index (κ3) is 3.04. The number of H-pyrrole nitrogens is 1. The molecular formula is C15H18N6O. The molecule has 2 aromatic heterocycles. The SMILES string of the molecule is CNC(C)Cc1noc(-c2cccc(-c3n[nH]c(C)n3)c2)n1. The van der Waals surface area contributed by atoms with Gasteiger partial charge >= 0.3 is 0 Å². The molecule has 0 aliphatic carbocycles. The van der Waals surface area contributed by atoms with Crippen LogP contribution < -0.4 is 5.32 Å². The Kier molecular flexibility index (Phi) is 3.97. The first-order chi connectivity index (χ1) is 10.7. The van der Waals surface area contributed by atoms with Crippen molar-refractivity contribution in [1.82, 2.24) is 30.6 Å². The second kappa shape index (κ2) is 6.07. The Morgan fingerprint density at radius 1 is 1.27 bits per heavy atom. The van der Waals surface area contributed by atoms with Crippen molar-refractivity contribution in [2.45, 2.75) is 26.3 Å². The van der Waals surface area contributed by atoms with Gasteiger partial charge in [0, 0.05) is 23.6 Å². The Morgan fingerprint density at radius 3 is 2.82 bits per heavy atom. The molecule has 1 aromatic carbocycles. The van der Waals surface area contributed by atoms with E-state index in [2.05, 4.69) is 37.6 Å². The van der Waals surface area contributed by atoms with E-state index in [9.17, 15) is 0 Å². The fraction of sp³-hybridized carbons (Fsp3) is 0.333. The quantitative estimate of drug-likeness (QED) is 0.748. The average molecular weight is 298 g/mol. The third-order valence-corrected chi connectivity index (χ3v) is 3.41. The second-order valence-corrected chi connectivity index (χ2v) is 5.23. The highest BCUT2D eigenvalue weighted by Crippen LogP contribution is 2.23. The van der Waals surface area contributed by atoms with Crippen LogP contribution in [0.2, 0.25) is 0 Å². The van der Waals surface area contributed by atoms with Gasteiger partial charge < -0.3 is 9.84 Å². The summed E-state index contributed by atoms with van der Waals surface area (Å²) in [6, 6.07) is 8.06. The van der Waals surface area contributed by atoms with Gasteiger partial charge in [0.1, 0.15) is 5.82 Å². The lowest BCUT2D eigenvalue weighted by Crippen LogP contribution is -2.24. The summed E-state index contributed by atoms with van der Waals surface area (Å²) >= 11 is 0. The molecule has 0 amide bonds. The maximum absolute atomic E-state index is 5.35. The van der Waals surface area contributed by atoms with Gasteiger partial charge in [0.15, 0.2) is 11.6 Å². The van der Waals surface area contributed by atoms with Crippen molar-refractivity contribution in [3.05, 3.63) is 35.9 Å². The first-order valence-electron chi connectivity index (χ1n) is 7.15. The van der Waals surface area contributed by atoms with Gasteiger partial charge in [-0.05, 0) is 33.0 Å². The number of aryl methyl sites for hydroxylation is 1. The summed E-state index contributed by atoms with van der Waals surface area (Å²) in [5.41, 5.74) is 1.76. The molecule has 7 nitrogen and oxygen atoms in total. The molecule has 0 bridgehead atoms. The first-order valence-corrected chi connectivity index (χ1v) is 7.15. The number of hydrogen-bond donors (Lipinski definition) is 2. The standard InChI is InChI=1S/C15H18N6O/c1-9(16-3)7-13-18-15(22-21-13)12-6-4-5-11(8-12)14-17-10(2)19-20-14/h4-6,8-9,16H,7H2,1-3H3,(H,17,19,20). The molecule has 1 unspecified atom stereocenters. The predicted octanol–water partition coefficient (Wildman–Crippen LogP) is 1.98. The molecule has 0 aliphatic rings. The molecule has 3 rings (SSSR count). The van der Waals surface area contributed by atoms with Gasteiger partial charge in [-0.2, -0.15) is 10.1 Å². The highest BCUT2D eigenvalue weighted by molar-refractivity contribution is 5.64. The topological polar surface area (TPSA) is 92.5 Å². The van der Waals surface area contributed by atoms with E-state index in [1.165, 1.54) is 0 Å². The van der Waals surface area contributed by atoms with Crippen LogP contribution in [0.3, 0.4) is 0 Å².